The molecule has 0 aliphatic heterocycles. The second-order valence-electron chi connectivity index (χ2n) is 7.90. The molecule has 7 heteroatoms. The Labute approximate surface area is 199 Å². The maximum Gasteiger partial charge on any atom is 0.308 e. The van der Waals surface area contributed by atoms with Gasteiger partial charge in [0.25, 0.3) is 0 Å². The zero-order chi connectivity index (χ0) is 24.5. The highest BCUT2D eigenvalue weighted by atomic mass is 16.5. The van der Waals surface area contributed by atoms with E-state index < -0.39 is 0 Å². The van der Waals surface area contributed by atoms with Crippen LogP contribution in [0.3, 0.4) is 0 Å². The maximum absolute atomic E-state index is 12.9. The van der Waals surface area contributed by atoms with E-state index >= 15 is 0 Å². The Kier molecular flexibility index (Phi) is 8.51. The van der Waals surface area contributed by atoms with Gasteiger partial charge in [0.2, 0.25) is 0 Å². The van der Waals surface area contributed by atoms with Crippen LogP contribution in [-0.2, 0) is 16.0 Å². The second kappa shape index (κ2) is 11.7. The Balaban J connectivity index is 1.77. The van der Waals surface area contributed by atoms with Crippen LogP contribution < -0.4 is 4.74 Å². The predicted octanol–water partition coefficient (Wildman–Crippen LogP) is 6.18. The van der Waals surface area contributed by atoms with Gasteiger partial charge in [-0.15, -0.1) is 5.11 Å². The topological polar surface area (TPSA) is 97.6 Å². The fourth-order valence-electron chi connectivity index (χ4n) is 3.11. The Morgan fingerprint density at radius 2 is 1.68 bits per heavy atom. The summed E-state index contributed by atoms with van der Waals surface area (Å²) in [7, 11) is 0. The lowest BCUT2D eigenvalue weighted by Gasteiger charge is -2.10. The zero-order valence-corrected chi connectivity index (χ0v) is 19.5. The first-order chi connectivity index (χ1) is 16.4. The number of ketones is 1. The third-order valence-corrected chi connectivity index (χ3v) is 4.97. The summed E-state index contributed by atoms with van der Waals surface area (Å²) >= 11 is 0. The van der Waals surface area contributed by atoms with E-state index in [0.717, 1.165) is 5.56 Å². The van der Waals surface area contributed by atoms with Crippen LogP contribution in [0.4, 0.5) is 11.4 Å². The van der Waals surface area contributed by atoms with Crippen LogP contribution in [0.1, 0.15) is 42.3 Å². The lowest BCUT2D eigenvalue weighted by Crippen LogP contribution is -2.13. The van der Waals surface area contributed by atoms with Gasteiger partial charge < -0.3 is 14.6 Å². The minimum absolute atomic E-state index is 0.120. The molecule has 3 aromatic rings. The van der Waals surface area contributed by atoms with Gasteiger partial charge in [0.05, 0.1) is 30.4 Å². The molecule has 0 atom stereocenters. The molecular weight excluding hydrogens is 432 g/mol. The Hall–Kier alpha value is -4.00. The Morgan fingerprint density at radius 3 is 2.32 bits per heavy atom. The van der Waals surface area contributed by atoms with Gasteiger partial charge in [-0.1, -0.05) is 56.3 Å². The van der Waals surface area contributed by atoms with Gasteiger partial charge in [0, 0.05) is 18.1 Å². The molecule has 176 valence electrons. The number of esters is 1. The first kappa shape index (κ1) is 24.6. The first-order valence-electron chi connectivity index (χ1n) is 11.2. The van der Waals surface area contributed by atoms with Crippen molar-refractivity contribution in [3.05, 3.63) is 83.4 Å². The molecule has 0 aliphatic rings. The summed E-state index contributed by atoms with van der Waals surface area (Å²) in [5.74, 6) is -0.529. The molecule has 7 nitrogen and oxygen atoms in total. The number of azo groups is 1. The van der Waals surface area contributed by atoms with Gasteiger partial charge >= 0.3 is 5.97 Å². The highest BCUT2D eigenvalue weighted by molar-refractivity contribution is 6.11. The number of phenolic OH excluding ortho intramolecular Hbond substituents is 1. The van der Waals surface area contributed by atoms with Gasteiger partial charge in [0.1, 0.15) is 11.4 Å². The van der Waals surface area contributed by atoms with E-state index in [9.17, 15) is 14.7 Å². The van der Waals surface area contributed by atoms with Crippen molar-refractivity contribution in [3.8, 4) is 11.5 Å². The molecule has 0 aromatic heterocycles. The van der Waals surface area contributed by atoms with Crippen LogP contribution >= 0.6 is 0 Å². The average molecular weight is 461 g/mol. The predicted molar refractivity (Wildman–Crippen MR) is 129 cm³/mol. The largest absolute Gasteiger partial charge is 0.507 e. The van der Waals surface area contributed by atoms with Crippen molar-refractivity contribution in [1.29, 1.82) is 0 Å². The summed E-state index contributed by atoms with van der Waals surface area (Å²) in [4.78, 5) is 24.4. The highest BCUT2D eigenvalue weighted by Crippen LogP contribution is 2.36. The molecule has 3 rings (SSSR count). The fraction of sp³-hybridized carbons (Fsp3) is 0.259. The number of hydrogen-bond donors (Lipinski definition) is 1. The molecule has 0 heterocycles. The normalized spacial score (nSPS) is 11.1. The number of rotatable bonds is 10. The highest BCUT2D eigenvalue weighted by Gasteiger charge is 2.18. The van der Waals surface area contributed by atoms with Gasteiger partial charge in [-0.05, 0) is 30.7 Å². The van der Waals surface area contributed by atoms with Crippen molar-refractivity contribution < 1.29 is 24.2 Å². The van der Waals surface area contributed by atoms with Crippen molar-refractivity contribution in [1.82, 2.24) is 0 Å². The quantitative estimate of drug-likeness (QED) is 0.221. The molecule has 0 spiro atoms. The lowest BCUT2D eigenvalue weighted by molar-refractivity contribution is -0.147. The molecule has 1 N–H and O–H groups in total. The van der Waals surface area contributed by atoms with Crippen molar-refractivity contribution in [2.45, 2.75) is 27.2 Å². The minimum Gasteiger partial charge on any atom is -0.507 e. The number of benzene rings is 3. The van der Waals surface area contributed by atoms with Crippen LogP contribution in [0, 0.1) is 5.92 Å². The van der Waals surface area contributed by atoms with Crippen LogP contribution in [0.25, 0.3) is 0 Å². The monoisotopic (exact) mass is 460 g/mol. The number of hydrogen-bond acceptors (Lipinski definition) is 7. The zero-order valence-electron chi connectivity index (χ0n) is 19.5. The molecule has 3 aromatic carbocycles. The van der Waals surface area contributed by atoms with Crippen molar-refractivity contribution in [2.24, 2.45) is 16.1 Å². The summed E-state index contributed by atoms with van der Waals surface area (Å²) in [6.07, 6.45) is 0.604. The number of carbonyl (C=O) groups is 2. The van der Waals surface area contributed by atoms with Crippen LogP contribution in [-0.4, -0.2) is 30.1 Å². The third kappa shape index (κ3) is 6.51. The molecule has 0 saturated heterocycles. The smallest absolute Gasteiger partial charge is 0.308 e. The SMILES string of the molecule is CCOc1cc(O)c(C(=O)c2ccccc2)cc1N=Nc1ccc(CCOC(=O)C(C)C)cc1. The molecule has 0 aliphatic carbocycles. The van der Waals surface area contributed by atoms with E-state index in [-0.39, 0.29) is 29.0 Å². The number of aromatic hydroxyl groups is 1. The van der Waals surface area contributed by atoms with Crippen molar-refractivity contribution >= 4 is 23.1 Å². The summed E-state index contributed by atoms with van der Waals surface area (Å²) in [6, 6.07) is 19.0. The molecule has 0 unspecified atom stereocenters. The number of nitrogens with zero attached hydrogens (tertiary/aromatic N) is 2. The van der Waals surface area contributed by atoms with Gasteiger partial charge in [-0.3, -0.25) is 9.59 Å². The first-order valence-corrected chi connectivity index (χ1v) is 11.2. The van der Waals surface area contributed by atoms with Gasteiger partial charge in [-0.2, -0.15) is 5.11 Å². The molecule has 0 radical (unpaired) electrons. The fourth-order valence-corrected chi connectivity index (χ4v) is 3.11. The van der Waals surface area contributed by atoms with Crippen LogP contribution in [0.2, 0.25) is 0 Å². The summed E-state index contributed by atoms with van der Waals surface area (Å²) in [6.45, 7) is 6.10. The lowest BCUT2D eigenvalue weighted by atomic mass is 10.0. The standard InChI is InChI=1S/C27H28N2O5/c1-4-33-25-17-24(30)22(26(31)20-8-6-5-7-9-20)16-23(25)29-28-21-12-10-19(11-13-21)14-15-34-27(32)18(2)3/h5-13,16-18,30H,4,14-15H2,1-3H3. The molecular formula is C27H28N2O5. The van der Waals surface area contributed by atoms with E-state index in [1.54, 1.807) is 50.2 Å². The molecule has 0 saturated carbocycles. The van der Waals surface area contributed by atoms with E-state index in [2.05, 4.69) is 10.2 Å². The van der Waals surface area contributed by atoms with Gasteiger partial charge in [-0.25, -0.2) is 0 Å². The number of ether oxygens (including phenoxy) is 2. The molecule has 34 heavy (non-hydrogen) atoms. The Bertz CT molecular complexity index is 1160. The van der Waals surface area contributed by atoms with Crippen LogP contribution in [0.5, 0.6) is 11.5 Å². The van der Waals surface area contributed by atoms with Crippen molar-refractivity contribution in [3.63, 3.8) is 0 Å². The minimum atomic E-state index is -0.319. The van der Waals surface area contributed by atoms with E-state index in [1.165, 1.54) is 12.1 Å². The Morgan fingerprint density at radius 1 is 0.971 bits per heavy atom. The maximum atomic E-state index is 12.9. The van der Waals surface area contributed by atoms with E-state index in [1.807, 2.05) is 25.1 Å². The van der Waals surface area contributed by atoms with Gasteiger partial charge in [0.15, 0.2) is 11.5 Å². The number of carbonyl (C=O) groups excluding carboxylic acids is 2. The third-order valence-electron chi connectivity index (χ3n) is 4.97. The average Bonchev–Trinajstić information content (AvgIpc) is 2.84. The van der Waals surface area contributed by atoms with Crippen LogP contribution in [0.15, 0.2) is 77.0 Å². The summed E-state index contributed by atoms with van der Waals surface area (Å²) in [5.41, 5.74) is 2.53. The molecule has 0 amide bonds. The number of phenols is 1. The summed E-state index contributed by atoms with van der Waals surface area (Å²) < 4.78 is 10.8. The molecule has 0 fully saturated rings. The summed E-state index contributed by atoms with van der Waals surface area (Å²) in [5, 5.41) is 19.0. The van der Waals surface area contributed by atoms with Crippen molar-refractivity contribution in [2.75, 3.05) is 13.2 Å². The molecule has 0 bridgehead atoms. The van der Waals surface area contributed by atoms with E-state index in [4.69, 9.17) is 9.47 Å². The van der Waals surface area contributed by atoms with E-state index in [0.29, 0.717) is 42.3 Å². The second-order valence-corrected chi connectivity index (χ2v) is 7.90.